The second-order valence-corrected chi connectivity index (χ2v) is 9.90. The topological polar surface area (TPSA) is 262 Å². The van der Waals surface area contributed by atoms with E-state index in [-0.39, 0.29) is 31.2 Å². The first-order valence-electron chi connectivity index (χ1n) is 11.5. The first-order valence-corrected chi connectivity index (χ1v) is 13.1. The summed E-state index contributed by atoms with van der Waals surface area (Å²) in [6, 6.07) is 4.01. The number of amides is 2. The zero-order valence-corrected chi connectivity index (χ0v) is 21.7. The molecular weight excluding hydrogens is 520 g/mol. The molecular formula is C22H34N8O7S. The van der Waals surface area contributed by atoms with Crippen LogP contribution in [-0.2, 0) is 35.0 Å². The van der Waals surface area contributed by atoms with Gasteiger partial charge < -0.3 is 37.7 Å². The highest BCUT2D eigenvalue weighted by Gasteiger charge is 2.26. The van der Waals surface area contributed by atoms with Crippen LogP contribution in [0.25, 0.3) is 0 Å². The summed E-state index contributed by atoms with van der Waals surface area (Å²) in [5.74, 6) is -3.26. The van der Waals surface area contributed by atoms with Crippen LogP contribution < -0.4 is 32.6 Å². The average molecular weight is 555 g/mol. The van der Waals surface area contributed by atoms with Crippen molar-refractivity contribution in [2.75, 3.05) is 20.1 Å². The number of nitrogens with zero attached hydrogens (tertiary/aromatic N) is 2. The Kier molecular flexibility index (Phi) is 13.4. The molecule has 0 spiro atoms. The van der Waals surface area contributed by atoms with Crippen LogP contribution in [0.3, 0.4) is 0 Å². The fourth-order valence-corrected chi connectivity index (χ4v) is 4.54. The van der Waals surface area contributed by atoms with E-state index in [4.69, 9.17) is 22.3 Å². The highest BCUT2D eigenvalue weighted by molar-refractivity contribution is 7.88. The third-order valence-corrected chi connectivity index (χ3v) is 6.36. The van der Waals surface area contributed by atoms with Crippen molar-refractivity contribution in [1.29, 1.82) is 0 Å². The molecule has 0 aliphatic carbocycles. The number of sulfonamides is 1. The molecule has 1 rings (SSSR count). The summed E-state index contributed by atoms with van der Waals surface area (Å²) in [6.07, 6.45) is 0.313. The Balaban J connectivity index is 2.79. The van der Waals surface area contributed by atoms with Gasteiger partial charge in [0.15, 0.2) is 5.96 Å². The number of hydrogen-bond acceptors (Lipinski definition) is 8. The van der Waals surface area contributed by atoms with Crippen molar-refractivity contribution < 1.29 is 32.7 Å². The van der Waals surface area contributed by atoms with Gasteiger partial charge in [0.2, 0.25) is 21.8 Å². The molecule has 2 unspecified atom stereocenters. The van der Waals surface area contributed by atoms with E-state index in [9.17, 15) is 27.6 Å². The Bertz CT molecular complexity index is 1150. The van der Waals surface area contributed by atoms with Gasteiger partial charge in [0.25, 0.3) is 0 Å². The lowest BCUT2D eigenvalue weighted by Crippen LogP contribution is -2.50. The van der Waals surface area contributed by atoms with Gasteiger partial charge in [0.1, 0.15) is 18.2 Å². The Labute approximate surface area is 220 Å². The molecule has 16 heteroatoms. The minimum absolute atomic E-state index is 0.100. The van der Waals surface area contributed by atoms with Gasteiger partial charge >= 0.3 is 5.97 Å². The van der Waals surface area contributed by atoms with Crippen molar-refractivity contribution in [3.8, 4) is 0 Å². The van der Waals surface area contributed by atoms with Crippen LogP contribution in [0.2, 0.25) is 0 Å². The number of carbonyl (C=O) groups excluding carboxylic acids is 3. The smallest absolute Gasteiger partial charge is 0.303 e. The summed E-state index contributed by atoms with van der Waals surface area (Å²) in [5, 5.41) is 13.7. The van der Waals surface area contributed by atoms with Gasteiger partial charge in [-0.25, -0.2) is 13.1 Å². The molecule has 0 aliphatic heterocycles. The van der Waals surface area contributed by atoms with Crippen LogP contribution in [0, 0.1) is 0 Å². The lowest BCUT2D eigenvalue weighted by atomic mass is 10.1. The predicted molar refractivity (Wildman–Crippen MR) is 140 cm³/mol. The predicted octanol–water partition coefficient (Wildman–Crippen LogP) is -2.47. The SMILES string of the molecule is CN=C(N)c1cccc(CS(=O)(=O)NC(CCC(=O)O)C(=O)NCC(=O)NC(C=O)CCCN=C(N)N)c1. The number of amidine groups is 1. The Morgan fingerprint density at radius 3 is 2.47 bits per heavy atom. The van der Waals surface area contributed by atoms with E-state index >= 15 is 0 Å². The highest BCUT2D eigenvalue weighted by Crippen LogP contribution is 2.10. The molecule has 0 saturated carbocycles. The van der Waals surface area contributed by atoms with Crippen molar-refractivity contribution in [2.45, 2.75) is 43.5 Å². The van der Waals surface area contributed by atoms with Crippen LogP contribution in [-0.4, -0.2) is 81.6 Å². The number of guanidine groups is 1. The number of nitrogens with one attached hydrogen (secondary N) is 3. The van der Waals surface area contributed by atoms with Crippen molar-refractivity contribution in [2.24, 2.45) is 27.2 Å². The molecule has 1 aromatic carbocycles. The maximum Gasteiger partial charge on any atom is 0.303 e. The van der Waals surface area contributed by atoms with Gasteiger partial charge in [0, 0.05) is 25.6 Å². The fraction of sp³-hybridized carbons (Fsp3) is 0.455. The van der Waals surface area contributed by atoms with Crippen molar-refractivity contribution in [3.05, 3.63) is 35.4 Å². The van der Waals surface area contributed by atoms with Crippen LogP contribution >= 0.6 is 0 Å². The standard InChI is InChI=1S/C22H34N8O7S/c1-26-20(23)15-5-2-4-14(10-15)13-38(36,37)30-17(7-8-19(33)34)21(35)28-11-18(32)29-16(12-31)6-3-9-27-22(24)25/h2,4-5,10,12,16-17,30H,3,6-9,11,13H2,1H3,(H2,23,26)(H,28,35)(H,29,32)(H,33,34)(H4,24,25,27). The minimum atomic E-state index is -4.12. The highest BCUT2D eigenvalue weighted by atomic mass is 32.2. The van der Waals surface area contributed by atoms with E-state index in [1.54, 1.807) is 18.2 Å². The minimum Gasteiger partial charge on any atom is -0.481 e. The number of benzene rings is 1. The molecule has 1 aromatic rings. The quantitative estimate of drug-likeness (QED) is 0.0461. The number of nitrogens with two attached hydrogens (primary N) is 3. The average Bonchev–Trinajstić information content (AvgIpc) is 2.85. The normalized spacial score (nSPS) is 13.1. The molecule has 0 bridgehead atoms. The second kappa shape index (κ2) is 15.9. The number of carboxylic acid groups (broad SMARTS) is 1. The van der Waals surface area contributed by atoms with Gasteiger partial charge in [-0.2, -0.15) is 0 Å². The number of aliphatic carboxylic acids is 1. The lowest BCUT2D eigenvalue weighted by molar-refractivity contribution is -0.137. The Hall–Kier alpha value is -4.05. The van der Waals surface area contributed by atoms with Gasteiger partial charge in [-0.15, -0.1) is 0 Å². The van der Waals surface area contributed by atoms with Crippen LogP contribution in [0.15, 0.2) is 34.3 Å². The number of aliphatic imine (C=N–C) groups is 2. The molecule has 15 nitrogen and oxygen atoms in total. The van der Waals surface area contributed by atoms with Crippen molar-refractivity contribution in [1.82, 2.24) is 15.4 Å². The van der Waals surface area contributed by atoms with E-state index in [0.29, 0.717) is 23.8 Å². The molecule has 0 fully saturated rings. The van der Waals surface area contributed by atoms with Gasteiger partial charge in [-0.3, -0.25) is 24.4 Å². The third-order valence-electron chi connectivity index (χ3n) is 5.01. The number of aldehydes is 1. The molecule has 0 saturated heterocycles. The summed E-state index contributed by atoms with van der Waals surface area (Å²) in [5.41, 5.74) is 17.1. The molecule has 0 radical (unpaired) electrons. The van der Waals surface area contributed by atoms with E-state index in [0.717, 1.165) is 0 Å². The van der Waals surface area contributed by atoms with E-state index in [2.05, 4.69) is 25.3 Å². The summed E-state index contributed by atoms with van der Waals surface area (Å²) < 4.78 is 27.7. The Morgan fingerprint density at radius 2 is 1.87 bits per heavy atom. The molecule has 2 amide bonds. The molecule has 0 aromatic heterocycles. The molecule has 10 N–H and O–H groups in total. The first-order chi connectivity index (χ1) is 17.9. The third kappa shape index (κ3) is 12.8. The largest absolute Gasteiger partial charge is 0.481 e. The van der Waals surface area contributed by atoms with E-state index in [1.165, 1.54) is 13.1 Å². The van der Waals surface area contributed by atoms with E-state index < -0.39 is 58.6 Å². The fourth-order valence-electron chi connectivity index (χ4n) is 3.18. The summed E-state index contributed by atoms with van der Waals surface area (Å²) in [6.45, 7) is -0.311. The monoisotopic (exact) mass is 554 g/mol. The van der Waals surface area contributed by atoms with Gasteiger partial charge in [0.05, 0.1) is 18.3 Å². The van der Waals surface area contributed by atoms with Crippen molar-refractivity contribution in [3.63, 3.8) is 0 Å². The summed E-state index contributed by atoms with van der Waals surface area (Å²) in [7, 11) is -2.63. The number of carboxylic acids is 1. The van der Waals surface area contributed by atoms with Crippen LogP contribution in [0.1, 0.15) is 36.8 Å². The second-order valence-electron chi connectivity index (χ2n) is 8.15. The number of carbonyl (C=O) groups is 4. The summed E-state index contributed by atoms with van der Waals surface area (Å²) >= 11 is 0. The zero-order valence-electron chi connectivity index (χ0n) is 20.9. The molecule has 210 valence electrons. The molecule has 38 heavy (non-hydrogen) atoms. The number of rotatable bonds is 17. The molecule has 2 atom stereocenters. The Morgan fingerprint density at radius 1 is 1.16 bits per heavy atom. The molecule has 0 aliphatic rings. The maximum atomic E-state index is 12.8. The summed E-state index contributed by atoms with van der Waals surface area (Å²) in [4.78, 5) is 54.7. The zero-order chi connectivity index (χ0) is 28.7. The van der Waals surface area contributed by atoms with E-state index in [1.807, 2.05) is 0 Å². The van der Waals surface area contributed by atoms with Crippen LogP contribution in [0.5, 0.6) is 0 Å². The van der Waals surface area contributed by atoms with Gasteiger partial charge in [-0.05, 0) is 30.9 Å². The van der Waals surface area contributed by atoms with Gasteiger partial charge in [-0.1, -0.05) is 18.2 Å². The van der Waals surface area contributed by atoms with Crippen LogP contribution in [0.4, 0.5) is 0 Å². The molecule has 0 heterocycles. The van der Waals surface area contributed by atoms with Crippen molar-refractivity contribution >= 4 is 45.9 Å². The maximum absolute atomic E-state index is 12.8. The lowest BCUT2D eigenvalue weighted by Gasteiger charge is -2.18. The first kappa shape index (κ1) is 32.0. The number of hydrogen-bond donors (Lipinski definition) is 7.